The van der Waals surface area contributed by atoms with Gasteiger partial charge in [0.1, 0.15) is 6.10 Å². The Hall–Kier alpha value is -1.71. The first-order chi connectivity index (χ1) is 10.8. The molecule has 1 aliphatic rings. The summed E-state index contributed by atoms with van der Waals surface area (Å²) in [7, 11) is 2.76. The highest BCUT2D eigenvalue weighted by atomic mass is 16.7. The van der Waals surface area contributed by atoms with Crippen molar-refractivity contribution in [1.82, 2.24) is 0 Å². The first-order valence-corrected chi connectivity index (χ1v) is 6.99. The summed E-state index contributed by atoms with van der Waals surface area (Å²) < 4.78 is 31.4. The maximum atomic E-state index is 11.4. The molecule has 0 aromatic rings. The minimum Gasteiger partial charge on any atom is -0.456 e. The Labute approximate surface area is 134 Å². The normalized spacial score (nSPS) is 30.4. The van der Waals surface area contributed by atoms with Crippen LogP contribution in [0, 0.1) is 0 Å². The maximum Gasteiger partial charge on any atom is 0.305 e. The number of hydrogen-bond donors (Lipinski definition) is 0. The predicted octanol–water partition coefficient (Wildman–Crippen LogP) is -0.201. The number of hydrogen-bond acceptors (Lipinski definition) is 9. The van der Waals surface area contributed by atoms with Gasteiger partial charge in [-0.25, -0.2) is 0 Å². The molecule has 0 aromatic carbocycles. The zero-order chi connectivity index (χ0) is 17.6. The second-order valence-electron chi connectivity index (χ2n) is 4.96. The molecule has 9 nitrogen and oxygen atoms in total. The first kappa shape index (κ1) is 19.3. The first-order valence-electron chi connectivity index (χ1n) is 6.99. The van der Waals surface area contributed by atoms with Gasteiger partial charge in [-0.3, -0.25) is 14.4 Å². The SMILES string of the molecule is COC[C@H]1O[C@@H](OC(C)=O)[C@H](OC)[C@@H](OC(C)=O)[C@@H]1OC(C)=O. The van der Waals surface area contributed by atoms with Crippen LogP contribution in [0.25, 0.3) is 0 Å². The van der Waals surface area contributed by atoms with E-state index in [0.29, 0.717) is 0 Å². The van der Waals surface area contributed by atoms with Gasteiger partial charge in [0.05, 0.1) is 6.61 Å². The third-order valence-electron chi connectivity index (χ3n) is 3.08. The molecule has 1 heterocycles. The molecular weight excluding hydrogens is 312 g/mol. The zero-order valence-corrected chi connectivity index (χ0v) is 13.8. The molecule has 0 spiro atoms. The number of carbonyl (C=O) groups is 3. The lowest BCUT2D eigenvalue weighted by Gasteiger charge is -2.43. The van der Waals surface area contributed by atoms with Gasteiger partial charge in [0.25, 0.3) is 0 Å². The van der Waals surface area contributed by atoms with Crippen LogP contribution < -0.4 is 0 Å². The van der Waals surface area contributed by atoms with Gasteiger partial charge in [0, 0.05) is 35.0 Å². The van der Waals surface area contributed by atoms with E-state index in [1.807, 2.05) is 0 Å². The Morgan fingerprint density at radius 2 is 1.35 bits per heavy atom. The van der Waals surface area contributed by atoms with Crippen molar-refractivity contribution in [2.75, 3.05) is 20.8 Å². The van der Waals surface area contributed by atoms with Gasteiger partial charge in [-0.2, -0.15) is 0 Å². The minimum absolute atomic E-state index is 0.0317. The molecule has 0 bridgehead atoms. The van der Waals surface area contributed by atoms with Crippen LogP contribution in [0.4, 0.5) is 0 Å². The number of rotatable bonds is 6. The monoisotopic (exact) mass is 334 g/mol. The second kappa shape index (κ2) is 8.80. The Morgan fingerprint density at radius 3 is 1.78 bits per heavy atom. The molecule has 1 rings (SSSR count). The van der Waals surface area contributed by atoms with Crippen LogP contribution in [0.3, 0.4) is 0 Å². The van der Waals surface area contributed by atoms with Gasteiger partial charge in [-0.05, 0) is 0 Å². The molecule has 0 aliphatic carbocycles. The molecule has 23 heavy (non-hydrogen) atoms. The maximum absolute atomic E-state index is 11.4. The van der Waals surface area contributed by atoms with E-state index in [0.717, 1.165) is 0 Å². The van der Waals surface area contributed by atoms with E-state index in [1.54, 1.807) is 0 Å². The van der Waals surface area contributed by atoms with E-state index in [1.165, 1.54) is 35.0 Å². The molecule has 1 fully saturated rings. The molecule has 1 saturated heterocycles. The molecule has 0 saturated carbocycles. The van der Waals surface area contributed by atoms with Crippen molar-refractivity contribution in [1.29, 1.82) is 0 Å². The molecule has 1 aliphatic heterocycles. The Balaban J connectivity index is 3.13. The summed E-state index contributed by atoms with van der Waals surface area (Å²) in [6.07, 6.45) is -4.87. The van der Waals surface area contributed by atoms with Gasteiger partial charge in [-0.15, -0.1) is 0 Å². The van der Waals surface area contributed by atoms with Crippen molar-refractivity contribution in [3.63, 3.8) is 0 Å². The number of carbonyl (C=O) groups excluding carboxylic acids is 3. The number of ether oxygens (including phenoxy) is 6. The topological polar surface area (TPSA) is 107 Å². The van der Waals surface area contributed by atoms with E-state index in [4.69, 9.17) is 28.4 Å². The highest BCUT2D eigenvalue weighted by Gasteiger charge is 2.51. The molecule has 132 valence electrons. The van der Waals surface area contributed by atoms with E-state index in [9.17, 15) is 14.4 Å². The second-order valence-corrected chi connectivity index (χ2v) is 4.96. The summed E-state index contributed by atoms with van der Waals surface area (Å²) in [5.41, 5.74) is 0. The van der Waals surface area contributed by atoms with E-state index >= 15 is 0 Å². The number of esters is 3. The van der Waals surface area contributed by atoms with Gasteiger partial charge in [-0.1, -0.05) is 0 Å². The lowest BCUT2D eigenvalue weighted by Crippen LogP contribution is -2.62. The lowest BCUT2D eigenvalue weighted by atomic mass is 9.98. The fourth-order valence-electron chi connectivity index (χ4n) is 2.34. The molecule has 9 heteroatoms. The van der Waals surface area contributed by atoms with Crippen LogP contribution in [0.15, 0.2) is 0 Å². The van der Waals surface area contributed by atoms with Crippen LogP contribution in [0.5, 0.6) is 0 Å². The summed E-state index contributed by atoms with van der Waals surface area (Å²) in [4.78, 5) is 34.0. The third kappa shape index (κ3) is 5.45. The fourth-order valence-corrected chi connectivity index (χ4v) is 2.34. The highest BCUT2D eigenvalue weighted by molar-refractivity contribution is 5.68. The average molecular weight is 334 g/mol. The van der Waals surface area contributed by atoms with Crippen molar-refractivity contribution >= 4 is 17.9 Å². The van der Waals surface area contributed by atoms with Crippen LogP contribution in [-0.2, 0) is 42.8 Å². The van der Waals surface area contributed by atoms with E-state index < -0.39 is 48.6 Å². The Bertz CT molecular complexity index is 436. The van der Waals surface area contributed by atoms with Crippen molar-refractivity contribution in [2.24, 2.45) is 0 Å². The van der Waals surface area contributed by atoms with E-state index in [-0.39, 0.29) is 6.61 Å². The fraction of sp³-hybridized carbons (Fsp3) is 0.786. The molecule has 0 aromatic heterocycles. The minimum atomic E-state index is -1.13. The molecular formula is C14H22O9. The van der Waals surface area contributed by atoms with Crippen LogP contribution >= 0.6 is 0 Å². The quantitative estimate of drug-likeness (QED) is 0.482. The van der Waals surface area contributed by atoms with Gasteiger partial charge in [0.2, 0.25) is 6.29 Å². The van der Waals surface area contributed by atoms with Crippen molar-refractivity contribution in [3.8, 4) is 0 Å². The number of methoxy groups -OCH3 is 2. The Morgan fingerprint density at radius 1 is 0.826 bits per heavy atom. The Kier molecular flexibility index (Phi) is 7.40. The predicted molar refractivity (Wildman–Crippen MR) is 74.2 cm³/mol. The average Bonchev–Trinajstić information content (AvgIpc) is 2.41. The summed E-state index contributed by atoms with van der Waals surface area (Å²) in [6.45, 7) is 3.66. The summed E-state index contributed by atoms with van der Waals surface area (Å²) in [5, 5.41) is 0. The molecule has 0 amide bonds. The summed E-state index contributed by atoms with van der Waals surface area (Å²) in [6, 6.07) is 0. The third-order valence-corrected chi connectivity index (χ3v) is 3.08. The van der Waals surface area contributed by atoms with Crippen LogP contribution in [0.1, 0.15) is 20.8 Å². The van der Waals surface area contributed by atoms with Crippen molar-refractivity contribution < 1.29 is 42.8 Å². The highest BCUT2D eigenvalue weighted by Crippen LogP contribution is 2.29. The summed E-state index contributed by atoms with van der Waals surface area (Å²) >= 11 is 0. The van der Waals surface area contributed by atoms with Crippen LogP contribution in [0.2, 0.25) is 0 Å². The molecule has 0 unspecified atom stereocenters. The standard InChI is InChI=1S/C14H22O9/c1-7(15)20-11-10(6-18-4)23-14(22-9(3)17)13(19-5)12(11)21-8(2)16/h10-14H,6H2,1-5H3/t10-,11-,12+,13-,14-/m1/s1. The summed E-state index contributed by atoms with van der Waals surface area (Å²) in [5.74, 6) is -1.78. The van der Waals surface area contributed by atoms with Crippen molar-refractivity contribution in [2.45, 2.75) is 51.5 Å². The van der Waals surface area contributed by atoms with Gasteiger partial charge in [0.15, 0.2) is 18.3 Å². The molecule has 5 atom stereocenters. The largest absolute Gasteiger partial charge is 0.456 e. The molecule has 0 radical (unpaired) electrons. The van der Waals surface area contributed by atoms with Gasteiger partial charge >= 0.3 is 17.9 Å². The van der Waals surface area contributed by atoms with Crippen molar-refractivity contribution in [3.05, 3.63) is 0 Å². The van der Waals surface area contributed by atoms with E-state index in [2.05, 4.69) is 0 Å². The smallest absolute Gasteiger partial charge is 0.305 e. The lowest BCUT2D eigenvalue weighted by molar-refractivity contribution is -0.301. The van der Waals surface area contributed by atoms with Crippen LogP contribution in [-0.4, -0.2) is 69.4 Å². The van der Waals surface area contributed by atoms with Gasteiger partial charge < -0.3 is 28.4 Å². The zero-order valence-electron chi connectivity index (χ0n) is 13.8. The molecule has 0 N–H and O–H groups in total.